The molecule has 0 amide bonds. The number of nitrogens with zero attached hydrogens (tertiary/aromatic N) is 1. The maximum absolute atomic E-state index is 15.1. The average molecular weight is 374 g/mol. The Morgan fingerprint density at radius 2 is 2.04 bits per heavy atom. The number of aliphatic hydroxyl groups is 1. The van der Waals surface area contributed by atoms with Crippen LogP contribution >= 0.6 is 0 Å². The van der Waals surface area contributed by atoms with Crippen LogP contribution in [0.5, 0.6) is 0 Å². The smallest absolute Gasteiger partial charge is 0.330 e. The summed E-state index contributed by atoms with van der Waals surface area (Å²) in [6.07, 6.45) is -2.55. The molecule has 0 aromatic carbocycles. The highest BCUT2D eigenvalue weighted by Crippen LogP contribution is 2.42. The SMILES string of the molecule is CC1(F)C(O)[C@@H](CO[Si](C)(C)C(C)(C)C)O[C@H]1n1ccc(=O)[nH]c1=O. The normalized spacial score (nSPS) is 30.6. The van der Waals surface area contributed by atoms with Crippen LogP contribution in [0, 0.1) is 0 Å². The highest BCUT2D eigenvalue weighted by Gasteiger charge is 2.55. The van der Waals surface area contributed by atoms with E-state index in [9.17, 15) is 14.7 Å². The summed E-state index contributed by atoms with van der Waals surface area (Å²) in [5.74, 6) is 0. The molecule has 2 rings (SSSR count). The van der Waals surface area contributed by atoms with E-state index >= 15 is 4.39 Å². The molecule has 1 saturated heterocycles. The second-order valence-electron chi connectivity index (χ2n) is 8.21. The van der Waals surface area contributed by atoms with Crippen molar-refractivity contribution in [3.05, 3.63) is 33.1 Å². The zero-order valence-electron chi connectivity index (χ0n) is 15.5. The summed E-state index contributed by atoms with van der Waals surface area (Å²) in [4.78, 5) is 25.2. The summed E-state index contributed by atoms with van der Waals surface area (Å²) in [5, 5.41) is 10.3. The lowest BCUT2D eigenvalue weighted by atomic mass is 9.98. The minimum Gasteiger partial charge on any atom is -0.414 e. The first-order valence-electron chi connectivity index (χ1n) is 8.25. The van der Waals surface area contributed by atoms with E-state index in [2.05, 4.69) is 25.8 Å². The molecule has 142 valence electrons. The molecule has 0 aliphatic carbocycles. The molecular weight excluding hydrogens is 347 g/mol. The molecule has 0 radical (unpaired) electrons. The standard InChI is InChI=1S/C16H27FN2O5Si/c1-15(2,3)25(5,6)23-9-10-12(21)16(4,17)13(24-10)19-8-7-11(20)18-14(19)22/h7-8,10,12-13,21H,9H2,1-6H3,(H,18,20,22)/t10-,12?,13-,16?/m1/s1. The summed E-state index contributed by atoms with van der Waals surface area (Å²) in [6.45, 7) is 11.5. The van der Waals surface area contributed by atoms with Crippen LogP contribution in [0.1, 0.15) is 33.9 Å². The van der Waals surface area contributed by atoms with Crippen molar-refractivity contribution in [1.29, 1.82) is 0 Å². The first-order chi connectivity index (χ1) is 11.3. The van der Waals surface area contributed by atoms with Crippen LogP contribution in [-0.4, -0.2) is 47.5 Å². The van der Waals surface area contributed by atoms with Crippen LogP contribution in [0.3, 0.4) is 0 Å². The Kier molecular flexibility index (Phi) is 5.17. The Labute approximate surface area is 146 Å². The van der Waals surface area contributed by atoms with Gasteiger partial charge in [0.1, 0.15) is 12.2 Å². The fourth-order valence-corrected chi connectivity index (χ4v) is 3.48. The van der Waals surface area contributed by atoms with Gasteiger partial charge in [-0.3, -0.25) is 14.3 Å². The quantitative estimate of drug-likeness (QED) is 0.780. The van der Waals surface area contributed by atoms with E-state index in [1.807, 2.05) is 13.1 Å². The molecule has 9 heteroatoms. The van der Waals surface area contributed by atoms with Crippen LogP contribution in [-0.2, 0) is 9.16 Å². The van der Waals surface area contributed by atoms with Crippen LogP contribution < -0.4 is 11.2 Å². The van der Waals surface area contributed by atoms with Gasteiger partial charge < -0.3 is 14.3 Å². The van der Waals surface area contributed by atoms with Crippen molar-refractivity contribution in [2.24, 2.45) is 0 Å². The molecule has 25 heavy (non-hydrogen) atoms. The number of hydrogen-bond donors (Lipinski definition) is 2. The third-order valence-electron chi connectivity index (χ3n) is 5.24. The molecule has 1 aromatic heterocycles. The lowest BCUT2D eigenvalue weighted by Crippen LogP contribution is -2.46. The van der Waals surface area contributed by atoms with E-state index in [1.54, 1.807) is 0 Å². The van der Waals surface area contributed by atoms with Crippen molar-refractivity contribution in [1.82, 2.24) is 9.55 Å². The van der Waals surface area contributed by atoms with Crippen LogP contribution in [0.2, 0.25) is 18.1 Å². The molecule has 0 spiro atoms. The van der Waals surface area contributed by atoms with Crippen molar-refractivity contribution >= 4 is 8.32 Å². The molecule has 1 aliphatic heterocycles. The minimum atomic E-state index is -2.20. The number of halogens is 1. The van der Waals surface area contributed by atoms with E-state index in [4.69, 9.17) is 9.16 Å². The third-order valence-corrected chi connectivity index (χ3v) is 9.74. The largest absolute Gasteiger partial charge is 0.414 e. The molecule has 2 heterocycles. The third kappa shape index (κ3) is 3.79. The fourth-order valence-electron chi connectivity index (χ4n) is 2.47. The molecule has 1 aliphatic rings. The summed E-state index contributed by atoms with van der Waals surface area (Å²) in [6, 6.07) is 1.10. The predicted molar refractivity (Wildman–Crippen MR) is 93.9 cm³/mol. The van der Waals surface area contributed by atoms with E-state index in [0.29, 0.717) is 0 Å². The van der Waals surface area contributed by atoms with Crippen molar-refractivity contribution in [3.8, 4) is 0 Å². The Balaban J connectivity index is 2.22. The first-order valence-corrected chi connectivity index (χ1v) is 11.2. The second kappa shape index (κ2) is 6.46. The molecular formula is C16H27FN2O5Si. The van der Waals surface area contributed by atoms with Crippen molar-refractivity contribution in [2.45, 2.75) is 69.9 Å². The Morgan fingerprint density at radius 3 is 2.56 bits per heavy atom. The van der Waals surface area contributed by atoms with Crippen molar-refractivity contribution < 1.29 is 18.7 Å². The summed E-state index contributed by atoms with van der Waals surface area (Å²) >= 11 is 0. The number of aromatic amines is 1. The van der Waals surface area contributed by atoms with Gasteiger partial charge in [-0.05, 0) is 25.1 Å². The summed E-state index contributed by atoms with van der Waals surface area (Å²) in [5.41, 5.74) is -3.58. The number of H-pyrrole nitrogens is 1. The second-order valence-corrected chi connectivity index (χ2v) is 13.0. The molecule has 4 atom stereocenters. The highest BCUT2D eigenvalue weighted by molar-refractivity contribution is 6.74. The minimum absolute atomic E-state index is 0.0335. The van der Waals surface area contributed by atoms with Crippen LogP contribution in [0.15, 0.2) is 21.9 Å². The van der Waals surface area contributed by atoms with Gasteiger partial charge in [-0.2, -0.15) is 0 Å². The first kappa shape index (κ1) is 20.0. The predicted octanol–water partition coefficient (Wildman–Crippen LogP) is 1.54. The molecule has 1 fully saturated rings. The fraction of sp³-hybridized carbons (Fsp3) is 0.750. The molecule has 2 N–H and O–H groups in total. The lowest BCUT2D eigenvalue weighted by Gasteiger charge is -2.37. The van der Waals surface area contributed by atoms with Crippen molar-refractivity contribution in [3.63, 3.8) is 0 Å². The number of aliphatic hydroxyl groups excluding tert-OH is 1. The molecule has 0 bridgehead atoms. The van der Waals surface area contributed by atoms with E-state index in [0.717, 1.165) is 16.8 Å². The highest BCUT2D eigenvalue weighted by atomic mass is 28.4. The van der Waals surface area contributed by atoms with Crippen LogP contribution in [0.4, 0.5) is 4.39 Å². The number of rotatable bonds is 4. The van der Waals surface area contributed by atoms with E-state index in [-0.39, 0.29) is 11.6 Å². The van der Waals surface area contributed by atoms with Gasteiger partial charge in [0.05, 0.1) is 6.61 Å². The summed E-state index contributed by atoms with van der Waals surface area (Å²) in [7, 11) is -2.10. The zero-order chi connectivity index (χ0) is 19.2. The molecule has 7 nitrogen and oxygen atoms in total. The number of hydrogen-bond acceptors (Lipinski definition) is 5. The maximum atomic E-state index is 15.1. The Morgan fingerprint density at radius 1 is 1.44 bits per heavy atom. The summed E-state index contributed by atoms with van der Waals surface area (Å²) < 4.78 is 27.6. The van der Waals surface area contributed by atoms with Gasteiger partial charge in [-0.15, -0.1) is 0 Å². The van der Waals surface area contributed by atoms with Gasteiger partial charge in [0, 0.05) is 12.3 Å². The van der Waals surface area contributed by atoms with Crippen LogP contribution in [0.25, 0.3) is 0 Å². The van der Waals surface area contributed by atoms with Gasteiger partial charge in [0.15, 0.2) is 20.2 Å². The van der Waals surface area contributed by atoms with Gasteiger partial charge in [0.2, 0.25) is 0 Å². The van der Waals surface area contributed by atoms with E-state index < -0.39 is 43.7 Å². The number of alkyl halides is 1. The molecule has 2 unspecified atom stereocenters. The average Bonchev–Trinajstić information content (AvgIpc) is 2.67. The maximum Gasteiger partial charge on any atom is 0.330 e. The zero-order valence-corrected chi connectivity index (χ0v) is 16.5. The Hall–Kier alpha value is -1.29. The number of ether oxygens (including phenoxy) is 1. The van der Waals surface area contributed by atoms with Gasteiger partial charge in [-0.25, -0.2) is 9.18 Å². The monoisotopic (exact) mass is 374 g/mol. The number of nitrogens with one attached hydrogen (secondary N) is 1. The molecule has 0 saturated carbocycles. The van der Waals surface area contributed by atoms with Gasteiger partial charge >= 0.3 is 5.69 Å². The number of aromatic nitrogens is 2. The van der Waals surface area contributed by atoms with Gasteiger partial charge in [-0.1, -0.05) is 20.8 Å². The molecule has 1 aromatic rings. The van der Waals surface area contributed by atoms with E-state index in [1.165, 1.54) is 6.92 Å². The lowest BCUT2D eigenvalue weighted by molar-refractivity contribution is -0.0597. The Bertz CT molecular complexity index is 737. The van der Waals surface area contributed by atoms with Crippen molar-refractivity contribution in [2.75, 3.05) is 6.61 Å². The van der Waals surface area contributed by atoms with Gasteiger partial charge in [0.25, 0.3) is 5.56 Å². The topological polar surface area (TPSA) is 93.5 Å².